The maximum absolute atomic E-state index is 12.4. The van der Waals surface area contributed by atoms with Crippen molar-refractivity contribution in [1.82, 2.24) is 9.47 Å². The Kier molecular flexibility index (Phi) is 4.65. The summed E-state index contributed by atoms with van der Waals surface area (Å²) in [7, 11) is 0. The summed E-state index contributed by atoms with van der Waals surface area (Å²) < 4.78 is 7.13. The highest BCUT2D eigenvalue weighted by Crippen LogP contribution is 2.16. The molecule has 1 aromatic rings. The minimum atomic E-state index is 0.0240. The van der Waals surface area contributed by atoms with Gasteiger partial charge in [-0.05, 0) is 27.7 Å². The largest absolute Gasteiger partial charge is 0.377 e. The Morgan fingerprint density at radius 2 is 1.90 bits per heavy atom. The second kappa shape index (κ2) is 6.10. The van der Waals surface area contributed by atoms with Gasteiger partial charge in [-0.1, -0.05) is 11.3 Å². The van der Waals surface area contributed by atoms with Crippen LogP contribution >= 0.6 is 11.3 Å². The lowest BCUT2D eigenvalue weighted by molar-refractivity contribution is -0.144. The van der Waals surface area contributed by atoms with Gasteiger partial charge < -0.3 is 14.2 Å². The Morgan fingerprint density at radius 3 is 2.40 bits per heavy atom. The number of morpholine rings is 1. The van der Waals surface area contributed by atoms with E-state index in [1.807, 2.05) is 32.6 Å². The zero-order valence-electron chi connectivity index (χ0n) is 12.5. The van der Waals surface area contributed by atoms with Crippen molar-refractivity contribution >= 4 is 17.2 Å². The highest BCUT2D eigenvalue weighted by atomic mass is 32.1. The number of aryl methyl sites for hydroxylation is 1. The van der Waals surface area contributed by atoms with Gasteiger partial charge in [-0.15, -0.1) is 0 Å². The van der Waals surface area contributed by atoms with Crippen LogP contribution in [0.15, 0.2) is 4.79 Å². The van der Waals surface area contributed by atoms with Gasteiger partial charge >= 0.3 is 4.87 Å². The number of carbonyl (C=O) groups excluding carboxylic acids is 1. The smallest absolute Gasteiger partial charge is 0.307 e. The summed E-state index contributed by atoms with van der Waals surface area (Å²) in [5.74, 6) is 0.100. The molecule has 6 heteroatoms. The number of thiazole rings is 1. The Labute approximate surface area is 123 Å². The van der Waals surface area contributed by atoms with Crippen LogP contribution in [0.3, 0.4) is 0 Å². The standard InChI is InChI=1S/C14H22N2O3S/c1-9-7-19-8-10(2)16(9)13(17)5-6-15-11(3)12(4)20-14(15)18/h9-10H,5-8H2,1-4H3/t9-,10-/m1/s1. The van der Waals surface area contributed by atoms with E-state index < -0.39 is 0 Å². The number of amides is 1. The molecule has 0 N–H and O–H groups in total. The molecule has 1 amide bonds. The molecule has 2 atom stereocenters. The fraction of sp³-hybridized carbons (Fsp3) is 0.714. The summed E-state index contributed by atoms with van der Waals surface area (Å²) in [6, 6.07) is 0.210. The molecule has 1 saturated heterocycles. The third-order valence-corrected chi connectivity index (χ3v) is 4.88. The van der Waals surface area contributed by atoms with Crippen molar-refractivity contribution in [2.24, 2.45) is 0 Å². The van der Waals surface area contributed by atoms with E-state index in [1.54, 1.807) is 4.57 Å². The lowest BCUT2D eigenvalue weighted by Crippen LogP contribution is -2.52. The topological polar surface area (TPSA) is 51.5 Å². The van der Waals surface area contributed by atoms with Crippen LogP contribution in [0.25, 0.3) is 0 Å². The van der Waals surface area contributed by atoms with Crippen molar-refractivity contribution in [3.05, 3.63) is 20.2 Å². The number of ether oxygens (including phenoxy) is 1. The Balaban J connectivity index is 2.03. The third kappa shape index (κ3) is 2.96. The molecule has 1 aliphatic heterocycles. The first-order valence-electron chi connectivity index (χ1n) is 6.97. The number of rotatable bonds is 3. The van der Waals surface area contributed by atoms with E-state index in [1.165, 1.54) is 11.3 Å². The lowest BCUT2D eigenvalue weighted by Gasteiger charge is -2.38. The van der Waals surface area contributed by atoms with E-state index in [9.17, 15) is 9.59 Å². The third-order valence-electron chi connectivity index (χ3n) is 3.88. The Bertz CT molecular complexity index is 539. The summed E-state index contributed by atoms with van der Waals surface area (Å²) in [6.45, 7) is 9.51. The van der Waals surface area contributed by atoms with E-state index in [0.29, 0.717) is 26.2 Å². The van der Waals surface area contributed by atoms with Crippen LogP contribution in [0, 0.1) is 13.8 Å². The van der Waals surface area contributed by atoms with Gasteiger partial charge in [0.15, 0.2) is 0 Å². The molecule has 0 saturated carbocycles. The predicted octanol–water partition coefficient (Wildman–Crippen LogP) is 1.55. The van der Waals surface area contributed by atoms with Gasteiger partial charge in [-0.2, -0.15) is 0 Å². The molecule has 1 aromatic heterocycles. The van der Waals surface area contributed by atoms with Crippen molar-refractivity contribution in [1.29, 1.82) is 0 Å². The van der Waals surface area contributed by atoms with E-state index in [-0.39, 0.29) is 22.9 Å². The van der Waals surface area contributed by atoms with E-state index in [0.717, 1.165) is 10.6 Å². The van der Waals surface area contributed by atoms with Crippen molar-refractivity contribution < 1.29 is 9.53 Å². The molecule has 0 unspecified atom stereocenters. The maximum Gasteiger partial charge on any atom is 0.307 e. The van der Waals surface area contributed by atoms with Crippen LogP contribution in [0.4, 0.5) is 0 Å². The minimum absolute atomic E-state index is 0.0240. The van der Waals surface area contributed by atoms with Gasteiger partial charge in [0.2, 0.25) is 5.91 Å². The fourth-order valence-corrected chi connectivity index (χ4v) is 3.54. The van der Waals surface area contributed by atoms with Crippen LogP contribution < -0.4 is 4.87 Å². The molecule has 0 bridgehead atoms. The molecular formula is C14H22N2O3S. The number of nitrogens with zero attached hydrogens (tertiary/aromatic N) is 2. The first kappa shape index (κ1) is 15.3. The molecule has 2 heterocycles. The minimum Gasteiger partial charge on any atom is -0.377 e. The van der Waals surface area contributed by atoms with Gasteiger partial charge in [0.1, 0.15) is 0 Å². The molecule has 0 spiro atoms. The van der Waals surface area contributed by atoms with Crippen LogP contribution in [-0.4, -0.2) is 40.7 Å². The quantitative estimate of drug-likeness (QED) is 0.851. The van der Waals surface area contributed by atoms with E-state index in [4.69, 9.17) is 4.74 Å². The zero-order chi connectivity index (χ0) is 14.9. The van der Waals surface area contributed by atoms with Crippen molar-refractivity contribution in [2.75, 3.05) is 13.2 Å². The Morgan fingerprint density at radius 1 is 1.30 bits per heavy atom. The van der Waals surface area contributed by atoms with Gasteiger partial charge in [-0.25, -0.2) is 0 Å². The van der Waals surface area contributed by atoms with Crippen molar-refractivity contribution in [3.8, 4) is 0 Å². The number of hydrogen-bond donors (Lipinski definition) is 0. The zero-order valence-corrected chi connectivity index (χ0v) is 13.3. The SMILES string of the molecule is Cc1sc(=O)n(CCC(=O)N2[C@H](C)COC[C@H]2C)c1C. The lowest BCUT2D eigenvalue weighted by atomic mass is 10.1. The molecule has 112 valence electrons. The molecule has 0 radical (unpaired) electrons. The average molecular weight is 298 g/mol. The van der Waals surface area contributed by atoms with Crippen LogP contribution in [0.2, 0.25) is 0 Å². The number of hydrogen-bond acceptors (Lipinski definition) is 4. The second-order valence-corrected chi connectivity index (χ2v) is 6.61. The second-order valence-electron chi connectivity index (χ2n) is 5.45. The molecule has 5 nitrogen and oxygen atoms in total. The van der Waals surface area contributed by atoms with Crippen LogP contribution in [0.1, 0.15) is 30.8 Å². The predicted molar refractivity (Wildman–Crippen MR) is 79.3 cm³/mol. The summed E-state index contributed by atoms with van der Waals surface area (Å²) in [4.78, 5) is 27.1. The molecule has 1 aliphatic rings. The average Bonchev–Trinajstić information content (AvgIpc) is 2.61. The molecule has 0 aromatic carbocycles. The summed E-state index contributed by atoms with van der Waals surface area (Å²) in [5, 5.41) is 0. The summed E-state index contributed by atoms with van der Waals surface area (Å²) in [6.07, 6.45) is 0.367. The molecule has 0 aliphatic carbocycles. The van der Waals surface area contributed by atoms with Gasteiger partial charge in [0.25, 0.3) is 0 Å². The van der Waals surface area contributed by atoms with Crippen LogP contribution in [-0.2, 0) is 16.1 Å². The molecule has 2 rings (SSSR count). The monoisotopic (exact) mass is 298 g/mol. The first-order valence-corrected chi connectivity index (χ1v) is 7.79. The Hall–Kier alpha value is -1.14. The summed E-state index contributed by atoms with van der Waals surface area (Å²) >= 11 is 1.25. The summed E-state index contributed by atoms with van der Waals surface area (Å²) in [5.41, 5.74) is 0.968. The maximum atomic E-state index is 12.4. The normalized spacial score (nSPS) is 23.1. The van der Waals surface area contributed by atoms with E-state index >= 15 is 0 Å². The molecule has 1 fully saturated rings. The van der Waals surface area contributed by atoms with Gasteiger partial charge in [0, 0.05) is 23.5 Å². The number of carbonyl (C=O) groups is 1. The first-order chi connectivity index (χ1) is 9.41. The van der Waals surface area contributed by atoms with Gasteiger partial charge in [-0.3, -0.25) is 9.59 Å². The van der Waals surface area contributed by atoms with E-state index in [2.05, 4.69) is 0 Å². The van der Waals surface area contributed by atoms with Crippen LogP contribution in [0.5, 0.6) is 0 Å². The highest BCUT2D eigenvalue weighted by Gasteiger charge is 2.29. The van der Waals surface area contributed by atoms with Crippen molar-refractivity contribution in [2.45, 2.75) is 52.7 Å². The van der Waals surface area contributed by atoms with Crippen molar-refractivity contribution in [3.63, 3.8) is 0 Å². The fourth-order valence-electron chi connectivity index (χ4n) is 2.68. The van der Waals surface area contributed by atoms with Gasteiger partial charge in [0.05, 0.1) is 25.3 Å². The molecule has 20 heavy (non-hydrogen) atoms. The number of aromatic nitrogens is 1. The highest BCUT2D eigenvalue weighted by molar-refractivity contribution is 7.09. The molecular weight excluding hydrogens is 276 g/mol.